The van der Waals surface area contributed by atoms with Gasteiger partial charge in [0.15, 0.2) is 23.8 Å². The first kappa shape index (κ1) is 48.1. The Morgan fingerprint density at radius 3 is 2.31 bits per heavy atom. The highest BCUT2D eigenvalue weighted by Crippen LogP contribution is 2.61. The molecule has 1 amide bonds. The summed E-state index contributed by atoms with van der Waals surface area (Å²) < 4.78 is 65.5. The number of aliphatic hydroxyl groups is 1. The standard InChI is InChI=1S/C37H53N8O16P3/c1-19-4-7-25-27(12-19)57-28-13-20(2)5-8-26(28)30(25)24-9-6-23(14-22(24)15-46)44-21(3)39-10-11-40-37(48)59-33-29(16-56-63(52,53)61-64(54,55)60-62(49,50)51)58-36(32(33)47)45-18-43-31-34(38)41-17-42-35(31)45/h6,9,14-15,17-20,25-30,32-33,36,39,44,47H,3-5,7-8,10-13,16H2,1-2H3,(H,40,48)(H,52,53)(H,54,55)(H2,38,41,42)(H2,49,50,51)/p-3/t19?,20?,25?,26?,27?,28?,29-,30?,32+,33?,36-/m1/s1. The number of benzene rings is 1. The zero-order valence-corrected chi connectivity index (χ0v) is 37.4. The van der Waals surface area contributed by atoms with Gasteiger partial charge in [0.1, 0.15) is 30.3 Å². The second kappa shape index (κ2) is 19.5. The van der Waals surface area contributed by atoms with Crippen LogP contribution in [0, 0.1) is 23.7 Å². The molecule has 10 unspecified atom stereocenters. The molecular formula is C37H50N8O16P3-3. The zero-order chi connectivity index (χ0) is 46.1. The minimum atomic E-state index is -6.23. The highest BCUT2D eigenvalue weighted by molar-refractivity contribution is 7.65. The van der Waals surface area contributed by atoms with Crippen molar-refractivity contribution >= 4 is 58.5 Å². The van der Waals surface area contributed by atoms with Crippen LogP contribution in [0.25, 0.3) is 11.2 Å². The van der Waals surface area contributed by atoms with Crippen LogP contribution in [0.3, 0.4) is 0 Å². The van der Waals surface area contributed by atoms with E-state index in [-0.39, 0.29) is 48.2 Å². The van der Waals surface area contributed by atoms with Crippen molar-refractivity contribution in [2.24, 2.45) is 23.7 Å². The average Bonchev–Trinajstić information content (AvgIpc) is 3.77. The summed E-state index contributed by atoms with van der Waals surface area (Å²) in [7, 11) is -18.2. The maximum absolute atomic E-state index is 13.0. The lowest BCUT2D eigenvalue weighted by atomic mass is 9.60. The van der Waals surface area contributed by atoms with Gasteiger partial charge in [-0.2, -0.15) is 0 Å². The summed E-state index contributed by atoms with van der Waals surface area (Å²) in [4.78, 5) is 81.1. The molecule has 7 rings (SSSR count). The first-order valence-corrected chi connectivity index (χ1v) is 25.0. The second-order valence-electron chi connectivity index (χ2n) is 16.7. The van der Waals surface area contributed by atoms with Gasteiger partial charge in [-0.25, -0.2) is 28.4 Å². The van der Waals surface area contributed by atoms with Gasteiger partial charge >= 0.3 is 6.09 Å². The van der Waals surface area contributed by atoms with Crippen molar-refractivity contribution in [1.29, 1.82) is 0 Å². The van der Waals surface area contributed by atoms with Crippen molar-refractivity contribution in [3.63, 3.8) is 0 Å². The fourth-order valence-corrected chi connectivity index (χ4v) is 12.3. The van der Waals surface area contributed by atoms with E-state index in [1.165, 1.54) is 4.57 Å². The first-order valence-electron chi connectivity index (χ1n) is 20.6. The molecule has 3 aromatic rings. The van der Waals surface area contributed by atoms with Gasteiger partial charge in [-0.15, -0.1) is 0 Å². The summed E-state index contributed by atoms with van der Waals surface area (Å²) in [6.45, 7) is 7.41. The van der Waals surface area contributed by atoms with Crippen LogP contribution in [-0.2, 0) is 41.1 Å². The second-order valence-corrected chi connectivity index (χ2v) is 20.9. The Kier molecular flexibility index (Phi) is 14.7. The molecule has 2 saturated carbocycles. The number of hydrogen-bond acceptors (Lipinski definition) is 21. The number of aliphatic hydroxyl groups excluding tert-OH is 1. The first-order chi connectivity index (χ1) is 30.2. The summed E-state index contributed by atoms with van der Waals surface area (Å²) in [5.74, 6) is 2.42. The van der Waals surface area contributed by atoms with E-state index in [1.54, 1.807) is 0 Å². The number of ether oxygens (including phenoxy) is 3. The van der Waals surface area contributed by atoms with E-state index in [0.29, 0.717) is 40.7 Å². The van der Waals surface area contributed by atoms with Crippen molar-refractivity contribution in [2.45, 2.75) is 95.0 Å². The van der Waals surface area contributed by atoms with E-state index >= 15 is 0 Å². The molecule has 7 N–H and O–H groups in total. The Morgan fingerprint density at radius 2 is 1.66 bits per heavy atom. The molecule has 13 atom stereocenters. The molecule has 4 heterocycles. The predicted molar refractivity (Wildman–Crippen MR) is 218 cm³/mol. The number of nitrogens with zero attached hydrogens (tertiary/aromatic N) is 4. The number of anilines is 2. The van der Waals surface area contributed by atoms with Crippen molar-refractivity contribution in [3.05, 3.63) is 54.4 Å². The molecule has 4 fully saturated rings. The smallest absolute Gasteiger partial charge is 0.407 e. The van der Waals surface area contributed by atoms with Gasteiger partial charge in [-0.3, -0.25) is 23.1 Å². The maximum atomic E-state index is 13.0. The van der Waals surface area contributed by atoms with Gasteiger partial charge in [0, 0.05) is 24.3 Å². The van der Waals surface area contributed by atoms with E-state index < -0.39 is 60.7 Å². The van der Waals surface area contributed by atoms with Gasteiger partial charge in [0.05, 0.1) is 31.0 Å². The summed E-state index contributed by atoms with van der Waals surface area (Å²) in [6, 6.07) is 5.76. The largest absolute Gasteiger partial charge is 0.756 e. The molecule has 24 nitrogen and oxygen atoms in total. The van der Waals surface area contributed by atoms with Crippen LogP contribution in [0.4, 0.5) is 16.3 Å². The third-order valence-electron chi connectivity index (χ3n) is 12.1. The van der Waals surface area contributed by atoms with Crippen LogP contribution in [0.1, 0.15) is 80.4 Å². The number of aldehydes is 1. The number of amides is 1. The Bertz CT molecular complexity index is 2330. The molecule has 64 heavy (non-hydrogen) atoms. The van der Waals surface area contributed by atoms with Gasteiger partial charge in [0.2, 0.25) is 0 Å². The van der Waals surface area contributed by atoms with Crippen LogP contribution < -0.4 is 36.4 Å². The van der Waals surface area contributed by atoms with Crippen molar-refractivity contribution in [1.82, 2.24) is 30.2 Å². The third kappa shape index (κ3) is 11.4. The molecular weight excluding hydrogens is 905 g/mol. The molecule has 2 aromatic heterocycles. The van der Waals surface area contributed by atoms with Crippen molar-refractivity contribution in [2.75, 3.05) is 30.7 Å². The minimum Gasteiger partial charge on any atom is -0.756 e. The number of phosphoric ester groups is 1. The highest BCUT2D eigenvalue weighted by Gasteiger charge is 2.50. The molecule has 2 aliphatic heterocycles. The Morgan fingerprint density at radius 1 is 0.984 bits per heavy atom. The summed E-state index contributed by atoms with van der Waals surface area (Å²) in [5, 5.41) is 19.9. The lowest BCUT2D eigenvalue weighted by Crippen LogP contribution is -2.50. The number of carbonyl (C=O) groups excluding carboxylic acids is 2. The number of fused-ring (bicyclic) bond motifs is 3. The number of rotatable bonds is 17. The molecule has 0 radical (unpaired) electrons. The van der Waals surface area contributed by atoms with Crippen LogP contribution in [-0.4, -0.2) is 92.1 Å². The number of alkyl carbamates (subject to hydrolysis) is 1. The van der Waals surface area contributed by atoms with Crippen LogP contribution in [0.5, 0.6) is 0 Å². The van der Waals surface area contributed by atoms with E-state index in [4.69, 9.17) is 24.8 Å². The molecule has 27 heteroatoms. The van der Waals surface area contributed by atoms with Gasteiger partial charge in [-0.1, -0.05) is 39.3 Å². The molecule has 2 aliphatic carbocycles. The monoisotopic (exact) mass is 955 g/mol. The van der Waals surface area contributed by atoms with Gasteiger partial charge < -0.3 is 65.1 Å². The normalized spacial score (nSPS) is 31.9. The number of phosphoric acid groups is 3. The molecule has 1 aromatic carbocycles. The molecule has 0 spiro atoms. The average molecular weight is 956 g/mol. The SMILES string of the molecule is C=C(NCCNC(=O)OC1[C@@H](COP(=O)([O-])OP(=O)([O-])OP(=O)([O-])O)O[C@@H](n2cnc3c(N)ncnc32)[C@H]1O)Nc1ccc(C2C3CCC(C)CC3OC3CC(C)CCC32)c(C=O)c1. The number of carbonyl (C=O) groups is 2. The van der Waals surface area contributed by atoms with E-state index in [9.17, 15) is 43.1 Å². The maximum Gasteiger partial charge on any atom is 0.407 e. The lowest BCUT2D eigenvalue weighted by Gasteiger charge is -2.53. The number of aromatic nitrogens is 4. The summed E-state index contributed by atoms with van der Waals surface area (Å²) in [5.41, 5.74) is 8.30. The molecule has 4 aliphatic rings. The topological polar surface area (TPSA) is 356 Å². The van der Waals surface area contributed by atoms with Crippen LogP contribution in [0.15, 0.2) is 43.3 Å². The van der Waals surface area contributed by atoms with Crippen LogP contribution in [0.2, 0.25) is 0 Å². The minimum absolute atomic E-state index is 0.0260. The highest BCUT2D eigenvalue weighted by atomic mass is 31.3. The molecule has 2 saturated heterocycles. The quantitative estimate of drug-likeness (QED) is 0.0639. The van der Waals surface area contributed by atoms with Crippen molar-refractivity contribution in [3.8, 4) is 0 Å². The van der Waals surface area contributed by atoms with Crippen LogP contribution >= 0.6 is 23.5 Å². The summed E-state index contributed by atoms with van der Waals surface area (Å²) >= 11 is 0. The lowest BCUT2D eigenvalue weighted by molar-refractivity contribution is -0.250. The number of imidazole rings is 1. The van der Waals surface area contributed by atoms with E-state index in [0.717, 1.165) is 63.0 Å². The molecule has 0 bridgehead atoms. The Balaban J connectivity index is 0.955. The van der Waals surface area contributed by atoms with E-state index in [2.05, 4.69) is 64.5 Å². The molecule has 352 valence electrons. The van der Waals surface area contributed by atoms with E-state index in [1.807, 2.05) is 18.2 Å². The number of nitrogens with two attached hydrogens (primary N) is 1. The number of nitrogen functional groups attached to an aromatic ring is 1. The third-order valence-corrected chi connectivity index (χ3v) is 15.8. The Hall–Kier alpha value is -3.86. The Labute approximate surface area is 367 Å². The zero-order valence-electron chi connectivity index (χ0n) is 34.7. The fraction of sp³-hybridized carbons (Fsp3) is 0.595. The predicted octanol–water partition coefficient (Wildman–Crippen LogP) is 1.92. The van der Waals surface area contributed by atoms with Gasteiger partial charge in [-0.05, 0) is 73.0 Å². The van der Waals surface area contributed by atoms with Crippen molar-refractivity contribution < 1.29 is 75.3 Å². The number of nitrogens with one attached hydrogen (secondary N) is 3. The fourth-order valence-electron chi connectivity index (χ4n) is 9.40. The summed E-state index contributed by atoms with van der Waals surface area (Å²) in [6.07, 6.45) is 2.21. The number of hydrogen-bond donors (Lipinski definition) is 6. The van der Waals surface area contributed by atoms with Gasteiger partial charge in [0.25, 0.3) is 23.5 Å².